The van der Waals surface area contributed by atoms with Crippen molar-refractivity contribution >= 4 is 5.97 Å². The van der Waals surface area contributed by atoms with Gasteiger partial charge in [-0.2, -0.15) is 0 Å². The molecule has 0 bridgehead atoms. The number of carboxylic acids is 1. The molecule has 4 aliphatic rings. The van der Waals surface area contributed by atoms with Crippen LogP contribution in [0.2, 0.25) is 0 Å². The maximum absolute atomic E-state index is 12.3. The lowest BCUT2D eigenvalue weighted by atomic mass is 9.81. The van der Waals surface area contributed by atoms with E-state index in [9.17, 15) is 25.2 Å². The van der Waals surface area contributed by atoms with Crippen molar-refractivity contribution < 1.29 is 25.2 Å². The lowest BCUT2D eigenvalue weighted by Crippen LogP contribution is -2.44. The zero-order valence-corrected chi connectivity index (χ0v) is 32.7. The third-order valence-corrected chi connectivity index (χ3v) is 13.7. The van der Waals surface area contributed by atoms with Crippen LogP contribution >= 0.6 is 0 Å². The van der Waals surface area contributed by atoms with E-state index < -0.39 is 23.6 Å². The number of unbranched alkanes of at least 4 members (excludes halogenated alkanes) is 4. The summed E-state index contributed by atoms with van der Waals surface area (Å²) >= 11 is 0. The highest BCUT2D eigenvalue weighted by molar-refractivity contribution is 5.70. The molecule has 8 N–H and O–H groups in total. The number of aliphatic hydroxyl groups is 3. The van der Waals surface area contributed by atoms with Gasteiger partial charge in [0.2, 0.25) is 0 Å². The van der Waals surface area contributed by atoms with Crippen LogP contribution in [0.3, 0.4) is 0 Å². The minimum absolute atomic E-state index is 0.0482. The van der Waals surface area contributed by atoms with E-state index in [2.05, 4.69) is 36.6 Å². The van der Waals surface area contributed by atoms with E-state index in [1.54, 1.807) is 0 Å². The van der Waals surface area contributed by atoms with Gasteiger partial charge in [-0.1, -0.05) is 89.7 Å². The van der Waals surface area contributed by atoms with Gasteiger partial charge in [0.05, 0.1) is 29.9 Å². The molecule has 0 aromatic rings. The first kappa shape index (κ1) is 42.7. The van der Waals surface area contributed by atoms with Crippen molar-refractivity contribution in [2.75, 3.05) is 13.1 Å². The highest BCUT2D eigenvalue weighted by atomic mass is 16.4. The summed E-state index contributed by atoms with van der Waals surface area (Å²) in [6, 6.07) is 0.462. The van der Waals surface area contributed by atoms with Crippen LogP contribution in [0, 0.1) is 41.4 Å². The Balaban J connectivity index is 1.21. The predicted molar refractivity (Wildman–Crippen MR) is 208 cm³/mol. The van der Waals surface area contributed by atoms with Crippen molar-refractivity contribution in [1.29, 1.82) is 0 Å². The maximum Gasteiger partial charge on any atom is 0.309 e. The molecule has 0 amide bonds. The number of nitrogens with one attached hydrogen (secondary N) is 2. The van der Waals surface area contributed by atoms with Crippen molar-refractivity contribution in [3.05, 3.63) is 12.2 Å². The Labute approximate surface area is 311 Å². The van der Waals surface area contributed by atoms with Gasteiger partial charge in [0.1, 0.15) is 0 Å². The second-order valence-corrected chi connectivity index (χ2v) is 18.0. The average Bonchev–Trinajstić information content (AvgIpc) is 3.42. The van der Waals surface area contributed by atoms with Crippen LogP contribution in [0.4, 0.5) is 0 Å². The van der Waals surface area contributed by atoms with E-state index in [0.29, 0.717) is 55.4 Å². The van der Waals surface area contributed by atoms with E-state index in [0.717, 1.165) is 83.2 Å². The molecule has 3 fully saturated rings. The van der Waals surface area contributed by atoms with Gasteiger partial charge < -0.3 is 36.8 Å². The quantitative estimate of drug-likeness (QED) is 0.0421. The molecule has 1 aliphatic heterocycles. The van der Waals surface area contributed by atoms with E-state index in [1.807, 2.05) is 0 Å². The van der Waals surface area contributed by atoms with Crippen LogP contribution in [0.5, 0.6) is 0 Å². The summed E-state index contributed by atoms with van der Waals surface area (Å²) < 4.78 is 0. The second-order valence-electron chi connectivity index (χ2n) is 18.0. The van der Waals surface area contributed by atoms with Gasteiger partial charge in [0.15, 0.2) is 0 Å². The molecule has 51 heavy (non-hydrogen) atoms. The highest BCUT2D eigenvalue weighted by Crippen LogP contribution is 2.46. The average molecular weight is 718 g/mol. The van der Waals surface area contributed by atoms with E-state index >= 15 is 0 Å². The highest BCUT2D eigenvalue weighted by Gasteiger charge is 2.45. The molecule has 1 saturated heterocycles. The molecule has 8 heteroatoms. The molecule has 2 unspecified atom stereocenters. The van der Waals surface area contributed by atoms with E-state index in [-0.39, 0.29) is 18.2 Å². The van der Waals surface area contributed by atoms with E-state index in [4.69, 9.17) is 5.73 Å². The number of carbonyl (C=O) groups is 1. The number of piperidine rings is 1. The molecule has 0 radical (unpaired) electrons. The van der Waals surface area contributed by atoms with Crippen LogP contribution < -0.4 is 16.4 Å². The molecule has 0 aromatic heterocycles. The van der Waals surface area contributed by atoms with Gasteiger partial charge in [0, 0.05) is 12.0 Å². The van der Waals surface area contributed by atoms with Crippen molar-refractivity contribution in [2.45, 2.75) is 198 Å². The van der Waals surface area contributed by atoms with Gasteiger partial charge in [-0.25, -0.2) is 0 Å². The normalized spacial score (nSPS) is 33.6. The molecule has 4 rings (SSSR count). The van der Waals surface area contributed by atoms with Crippen LogP contribution in [-0.2, 0) is 4.79 Å². The summed E-state index contributed by atoms with van der Waals surface area (Å²) in [6.45, 7) is 6.39. The number of hydrogen-bond donors (Lipinski definition) is 7. The Kier molecular flexibility index (Phi) is 18.7. The molecule has 0 aromatic carbocycles. The SMILES string of the molecule is CCCCC[C@H]1C=C[C@@H](CCCCC[C@H](C(=O)O)[C@H](O)CC[C@@]2(O)C[C@@H](CN[C@H](C)CCC3CCCCC3)[C@H](CC3CCNC(N)C3)C2)[C@H](O)C1. The number of allylic oxidation sites excluding steroid dienone is 1. The summed E-state index contributed by atoms with van der Waals surface area (Å²) in [5.41, 5.74) is 5.40. The summed E-state index contributed by atoms with van der Waals surface area (Å²) in [4.78, 5) is 12.3. The number of aliphatic carboxylic acids is 1. The Morgan fingerprint density at radius 2 is 1.69 bits per heavy atom. The van der Waals surface area contributed by atoms with Crippen molar-refractivity contribution in [3.8, 4) is 0 Å². The Morgan fingerprint density at radius 1 is 0.922 bits per heavy atom. The van der Waals surface area contributed by atoms with Crippen molar-refractivity contribution in [2.24, 2.45) is 47.2 Å². The molecular formula is C43H79N3O5. The van der Waals surface area contributed by atoms with Crippen LogP contribution in [0.1, 0.15) is 168 Å². The van der Waals surface area contributed by atoms with Gasteiger partial charge >= 0.3 is 5.97 Å². The molecule has 1 heterocycles. The smallest absolute Gasteiger partial charge is 0.309 e. The topological polar surface area (TPSA) is 148 Å². The fraction of sp³-hybridized carbons (Fsp3) is 0.930. The molecular weight excluding hydrogens is 638 g/mol. The molecule has 3 aliphatic carbocycles. The molecule has 8 nitrogen and oxygen atoms in total. The van der Waals surface area contributed by atoms with Crippen molar-refractivity contribution in [1.82, 2.24) is 10.6 Å². The number of aliphatic hydroxyl groups excluding tert-OH is 2. The van der Waals surface area contributed by atoms with Crippen molar-refractivity contribution in [3.63, 3.8) is 0 Å². The first-order valence-corrected chi connectivity index (χ1v) is 21.8. The van der Waals surface area contributed by atoms with E-state index in [1.165, 1.54) is 64.2 Å². The largest absolute Gasteiger partial charge is 0.481 e. The number of rotatable bonds is 23. The monoisotopic (exact) mass is 718 g/mol. The maximum atomic E-state index is 12.3. The zero-order valence-electron chi connectivity index (χ0n) is 32.7. The van der Waals surface area contributed by atoms with Gasteiger partial charge in [-0.05, 0) is 133 Å². The lowest BCUT2D eigenvalue weighted by Gasteiger charge is -2.32. The third kappa shape index (κ3) is 15.0. The van der Waals surface area contributed by atoms with Gasteiger partial charge in [0.25, 0.3) is 0 Å². The van der Waals surface area contributed by atoms with Gasteiger partial charge in [-0.3, -0.25) is 4.79 Å². The number of carboxylic acid groups (broad SMARTS) is 1. The van der Waals surface area contributed by atoms with Gasteiger partial charge in [-0.15, -0.1) is 0 Å². The van der Waals surface area contributed by atoms with Crippen LogP contribution in [-0.4, -0.2) is 69.5 Å². The summed E-state index contributed by atoms with van der Waals surface area (Å²) in [5.74, 6) is 1.16. The fourth-order valence-corrected chi connectivity index (χ4v) is 10.4. The number of nitrogens with two attached hydrogens (primary N) is 1. The predicted octanol–water partition coefficient (Wildman–Crippen LogP) is 7.68. The van der Waals surface area contributed by atoms with Crippen LogP contribution in [0.15, 0.2) is 12.2 Å². The minimum Gasteiger partial charge on any atom is -0.481 e. The second kappa shape index (κ2) is 22.4. The number of hydrogen-bond acceptors (Lipinski definition) is 7. The Morgan fingerprint density at radius 3 is 2.41 bits per heavy atom. The summed E-state index contributed by atoms with van der Waals surface area (Å²) in [6.07, 6.45) is 27.9. The minimum atomic E-state index is -0.961. The summed E-state index contributed by atoms with van der Waals surface area (Å²) in [5, 5.41) is 51.1. The standard InChI is InChI=1S/C43H79N3O5/c1-3-4-7-14-33-19-20-35(40(48)26-33)15-10-6-11-16-38(42(49)50)39(47)21-23-43(51)28-36(25-34-22-24-45-41(44)27-34)37(29-43)30-46-31(2)17-18-32-12-8-5-9-13-32/h19-20,31-41,45-48,51H,3-18,21-30,44H2,1-2H3,(H,49,50)/t31-,33+,34?,35-,36-,37+,38+,39-,40-,41?,43+/m1/s1. The van der Waals surface area contributed by atoms with Crippen LogP contribution in [0.25, 0.3) is 0 Å². The molecule has 2 saturated carbocycles. The summed E-state index contributed by atoms with van der Waals surface area (Å²) in [7, 11) is 0. The Bertz CT molecular complexity index is 1010. The lowest BCUT2D eigenvalue weighted by molar-refractivity contribution is -0.146. The third-order valence-electron chi connectivity index (χ3n) is 13.7. The molecule has 0 spiro atoms. The Hall–Kier alpha value is -1.03. The first-order valence-electron chi connectivity index (χ1n) is 21.8. The fourth-order valence-electron chi connectivity index (χ4n) is 10.4. The molecule has 296 valence electrons. The first-order chi connectivity index (χ1) is 24.5. The zero-order chi connectivity index (χ0) is 36.6. The molecule has 11 atom stereocenters.